The van der Waals surface area contributed by atoms with Gasteiger partial charge in [0.25, 0.3) is 0 Å². The second-order valence-corrected chi connectivity index (χ2v) is 10.0. The van der Waals surface area contributed by atoms with Gasteiger partial charge in [0, 0.05) is 25.2 Å². The van der Waals surface area contributed by atoms with Crippen LogP contribution in [0.3, 0.4) is 0 Å². The molecule has 1 saturated heterocycles. The number of aromatic nitrogens is 2. The van der Waals surface area contributed by atoms with E-state index < -0.39 is 32.3 Å². The highest BCUT2D eigenvalue weighted by Gasteiger charge is 2.40. The SMILES string of the molecule is Cc1c(F)c2c3c(nc(=O)n(I)c3c1Cl)N1CCN(C)CC1CS2(=O)=O. The second kappa shape index (κ2) is 6.01. The summed E-state index contributed by atoms with van der Waals surface area (Å²) in [6.07, 6.45) is 0. The maximum absolute atomic E-state index is 15.1. The van der Waals surface area contributed by atoms with Crippen molar-refractivity contribution in [1.82, 2.24) is 12.7 Å². The molecule has 1 aromatic carbocycles. The zero-order chi connectivity index (χ0) is 19.0. The third-order valence-electron chi connectivity index (χ3n) is 5.00. The number of rotatable bonds is 0. The third-order valence-corrected chi connectivity index (χ3v) is 8.19. The summed E-state index contributed by atoms with van der Waals surface area (Å²) in [6.45, 7) is 3.08. The standard InChI is InChI=1S/C15H15ClFIN4O3S/c1-7-10(16)12-9-13(11(7)17)26(24,25)6-8-5-20(2)3-4-21(8)14(9)19-15(23)22(12)18/h8H,3-6H2,1-2H3. The minimum atomic E-state index is -3.94. The van der Waals surface area contributed by atoms with E-state index in [1.807, 2.05) is 11.9 Å². The van der Waals surface area contributed by atoms with Gasteiger partial charge in [-0.1, -0.05) is 11.6 Å². The molecule has 0 spiro atoms. The maximum atomic E-state index is 15.1. The zero-order valence-corrected chi connectivity index (χ0v) is 17.7. The maximum Gasteiger partial charge on any atom is 0.359 e. The van der Waals surface area contributed by atoms with Crippen LogP contribution >= 0.6 is 34.5 Å². The first kappa shape index (κ1) is 18.4. The van der Waals surface area contributed by atoms with Gasteiger partial charge in [-0.15, -0.1) is 0 Å². The molecule has 11 heteroatoms. The normalized spacial score (nSPS) is 22.3. The first-order valence-corrected chi connectivity index (χ1v) is 10.9. The fourth-order valence-electron chi connectivity index (χ4n) is 3.72. The van der Waals surface area contributed by atoms with Gasteiger partial charge in [0.05, 0.1) is 50.6 Å². The third kappa shape index (κ3) is 2.49. The molecule has 26 heavy (non-hydrogen) atoms. The summed E-state index contributed by atoms with van der Waals surface area (Å²) in [7, 11) is -2.04. The van der Waals surface area contributed by atoms with Crippen molar-refractivity contribution in [2.45, 2.75) is 17.9 Å². The molecule has 2 aliphatic heterocycles. The predicted molar refractivity (Wildman–Crippen MR) is 106 cm³/mol. The van der Waals surface area contributed by atoms with Gasteiger partial charge in [0.2, 0.25) is 0 Å². The molecule has 140 valence electrons. The Morgan fingerprint density at radius 1 is 1.35 bits per heavy atom. The highest BCUT2D eigenvalue weighted by Crippen LogP contribution is 2.42. The number of anilines is 1. The first-order chi connectivity index (χ1) is 12.1. The van der Waals surface area contributed by atoms with E-state index in [9.17, 15) is 13.2 Å². The van der Waals surface area contributed by atoms with Crippen LogP contribution in [0.15, 0.2) is 9.69 Å². The van der Waals surface area contributed by atoms with Gasteiger partial charge in [-0.2, -0.15) is 4.98 Å². The number of sulfone groups is 1. The lowest BCUT2D eigenvalue weighted by Crippen LogP contribution is -2.54. The van der Waals surface area contributed by atoms with Crippen LogP contribution in [0, 0.1) is 12.7 Å². The van der Waals surface area contributed by atoms with E-state index in [0.717, 1.165) is 2.78 Å². The van der Waals surface area contributed by atoms with E-state index in [-0.39, 0.29) is 33.1 Å². The molecule has 1 atom stereocenters. The second-order valence-electron chi connectivity index (χ2n) is 6.70. The summed E-state index contributed by atoms with van der Waals surface area (Å²) >= 11 is 8.04. The fourth-order valence-corrected chi connectivity index (χ4v) is 6.60. The van der Waals surface area contributed by atoms with Crippen LogP contribution < -0.4 is 10.6 Å². The van der Waals surface area contributed by atoms with Crippen molar-refractivity contribution in [2.75, 3.05) is 37.3 Å². The molecule has 1 unspecified atom stereocenters. The Hall–Kier alpha value is -0.980. The number of benzene rings is 1. The molecule has 0 amide bonds. The lowest BCUT2D eigenvalue weighted by molar-refractivity contribution is 0.276. The van der Waals surface area contributed by atoms with E-state index >= 15 is 4.39 Å². The molecule has 0 bridgehead atoms. The van der Waals surface area contributed by atoms with Crippen molar-refractivity contribution in [3.05, 3.63) is 26.9 Å². The van der Waals surface area contributed by atoms with Crippen LogP contribution in [-0.4, -0.2) is 59.6 Å². The van der Waals surface area contributed by atoms with Gasteiger partial charge in [-0.05, 0) is 14.0 Å². The van der Waals surface area contributed by atoms with Crippen molar-refractivity contribution in [3.8, 4) is 0 Å². The van der Waals surface area contributed by atoms with Crippen molar-refractivity contribution in [1.29, 1.82) is 0 Å². The zero-order valence-electron chi connectivity index (χ0n) is 14.0. The molecule has 0 radical (unpaired) electrons. The van der Waals surface area contributed by atoms with E-state index in [4.69, 9.17) is 11.6 Å². The highest BCUT2D eigenvalue weighted by atomic mass is 127. The Kier molecular flexibility index (Phi) is 4.25. The lowest BCUT2D eigenvalue weighted by atomic mass is 10.1. The Bertz CT molecular complexity index is 1120. The van der Waals surface area contributed by atoms with Gasteiger partial charge >= 0.3 is 5.69 Å². The average Bonchev–Trinajstić information content (AvgIpc) is 2.64. The molecule has 1 aromatic heterocycles. The molecule has 1 fully saturated rings. The Labute approximate surface area is 168 Å². The molecule has 3 heterocycles. The van der Waals surface area contributed by atoms with E-state index in [1.54, 1.807) is 27.8 Å². The van der Waals surface area contributed by atoms with Crippen LogP contribution in [0.25, 0.3) is 10.9 Å². The number of fused-ring (bicyclic) bond motifs is 2. The molecular weight excluding hydrogens is 498 g/mol. The monoisotopic (exact) mass is 512 g/mol. The van der Waals surface area contributed by atoms with Gasteiger partial charge in [0.15, 0.2) is 9.84 Å². The summed E-state index contributed by atoms with van der Waals surface area (Å²) in [5.41, 5.74) is -0.361. The van der Waals surface area contributed by atoms with Gasteiger partial charge in [-0.25, -0.2) is 20.4 Å². The van der Waals surface area contributed by atoms with Crippen LogP contribution in [0.5, 0.6) is 0 Å². The van der Waals surface area contributed by atoms with Crippen molar-refractivity contribution >= 4 is 61.0 Å². The first-order valence-electron chi connectivity index (χ1n) is 7.92. The number of hydrogen-bond acceptors (Lipinski definition) is 6. The van der Waals surface area contributed by atoms with Crippen molar-refractivity contribution < 1.29 is 12.8 Å². The van der Waals surface area contributed by atoms with Gasteiger partial charge in [0.1, 0.15) is 16.5 Å². The van der Waals surface area contributed by atoms with E-state index in [2.05, 4.69) is 4.98 Å². The van der Waals surface area contributed by atoms with Crippen LogP contribution in [0.4, 0.5) is 10.2 Å². The van der Waals surface area contributed by atoms with E-state index in [0.29, 0.717) is 19.6 Å². The van der Waals surface area contributed by atoms with Crippen molar-refractivity contribution in [2.24, 2.45) is 0 Å². The van der Waals surface area contributed by atoms with Gasteiger partial charge in [-0.3, -0.25) is 0 Å². The summed E-state index contributed by atoms with van der Waals surface area (Å²) < 4.78 is 42.4. The largest absolute Gasteiger partial charge is 0.359 e. The van der Waals surface area contributed by atoms with Crippen LogP contribution in [0.1, 0.15) is 5.56 Å². The Morgan fingerprint density at radius 2 is 2.04 bits per heavy atom. The minimum Gasteiger partial charge on any atom is -0.349 e. The van der Waals surface area contributed by atoms with E-state index in [1.165, 1.54) is 6.92 Å². The smallest absolute Gasteiger partial charge is 0.349 e. The summed E-state index contributed by atoms with van der Waals surface area (Å²) in [5.74, 6) is -0.905. The fraction of sp³-hybridized carbons (Fsp3) is 0.467. The summed E-state index contributed by atoms with van der Waals surface area (Å²) in [4.78, 5) is 19.9. The highest BCUT2D eigenvalue weighted by molar-refractivity contribution is 14.1. The molecule has 4 rings (SSSR count). The molecule has 0 N–H and O–H groups in total. The molecule has 7 nitrogen and oxygen atoms in total. The number of piperazine rings is 1. The molecule has 2 aromatic rings. The number of nitrogens with zero attached hydrogens (tertiary/aromatic N) is 4. The lowest BCUT2D eigenvalue weighted by Gasteiger charge is -2.39. The summed E-state index contributed by atoms with van der Waals surface area (Å²) in [5, 5.41) is 0.123. The Morgan fingerprint density at radius 3 is 2.73 bits per heavy atom. The van der Waals surface area contributed by atoms with Crippen molar-refractivity contribution in [3.63, 3.8) is 0 Å². The molecule has 0 aliphatic carbocycles. The predicted octanol–water partition coefficient (Wildman–Crippen LogP) is 1.60. The number of likely N-dealkylation sites (N-methyl/N-ethyl adjacent to an activating group) is 1. The Balaban J connectivity index is 2.23. The van der Waals surface area contributed by atoms with Crippen LogP contribution in [0.2, 0.25) is 5.02 Å². The minimum absolute atomic E-state index is 0.0108. The molecule has 2 aliphatic rings. The molecule has 0 saturated carbocycles. The quantitative estimate of drug-likeness (QED) is 0.499. The van der Waals surface area contributed by atoms with Gasteiger partial charge < -0.3 is 9.80 Å². The summed E-state index contributed by atoms with van der Waals surface area (Å²) in [6, 6.07) is -0.412. The average molecular weight is 513 g/mol. The number of halogens is 3. The van der Waals surface area contributed by atoms with Crippen LogP contribution in [-0.2, 0) is 9.84 Å². The molecular formula is C15H15ClFIN4O3S. The topological polar surface area (TPSA) is 75.5 Å². The number of hydrogen-bond donors (Lipinski definition) is 0.